The monoisotopic (exact) mass is 196 g/mol. The molecule has 0 aliphatic heterocycles. The van der Waals surface area contributed by atoms with Crippen LogP contribution in [0, 0.1) is 0 Å². The molecule has 12 heavy (non-hydrogen) atoms. The second-order valence-corrected chi connectivity index (χ2v) is 4.86. The van der Waals surface area contributed by atoms with E-state index in [0.29, 0.717) is 0 Å². The Hall–Kier alpha value is -0.870. The molecule has 0 spiro atoms. The summed E-state index contributed by atoms with van der Waals surface area (Å²) in [5, 5.41) is 16.4. The lowest BCUT2D eigenvalue weighted by Crippen LogP contribution is -2.14. The van der Waals surface area contributed by atoms with Gasteiger partial charge in [-0.1, -0.05) is 6.92 Å². The van der Waals surface area contributed by atoms with Crippen molar-refractivity contribution in [3.05, 3.63) is 0 Å². The molecule has 6 nitrogen and oxygen atoms in total. The minimum atomic E-state index is -4.37. The van der Waals surface area contributed by atoms with Crippen molar-refractivity contribution in [3.8, 4) is 0 Å². The topological polar surface area (TPSA) is 112 Å². The minimum Gasteiger partial charge on any atom is -0.481 e. The third-order valence-electron chi connectivity index (χ3n) is 1.34. The molecule has 0 rings (SSSR count). The van der Waals surface area contributed by atoms with Gasteiger partial charge in [0.25, 0.3) is 0 Å². The Kier molecular flexibility index (Phi) is 3.42. The fraction of sp³-hybridized carbons (Fsp3) is 0.600. The average molecular weight is 196 g/mol. The van der Waals surface area contributed by atoms with E-state index in [1.807, 2.05) is 0 Å². The molecule has 0 aliphatic carbocycles. The molecule has 0 bridgehead atoms. The van der Waals surface area contributed by atoms with E-state index in [4.69, 9.17) is 15.1 Å². The molecule has 0 saturated heterocycles. The van der Waals surface area contributed by atoms with Gasteiger partial charge in [0.15, 0.2) is 0 Å². The van der Waals surface area contributed by atoms with Crippen molar-refractivity contribution in [2.24, 2.45) is 0 Å². The van der Waals surface area contributed by atoms with Crippen molar-refractivity contribution in [1.82, 2.24) is 0 Å². The normalized spacial score (nSPS) is 17.8. The largest absolute Gasteiger partial charge is 0.481 e. The van der Waals surface area contributed by atoms with Crippen LogP contribution >= 0.6 is 7.37 Å². The highest BCUT2D eigenvalue weighted by atomic mass is 31.2. The molecule has 0 aromatic heterocycles. The molecule has 70 valence electrons. The van der Waals surface area contributed by atoms with Gasteiger partial charge in [-0.15, -0.1) is 0 Å². The van der Waals surface area contributed by atoms with Crippen LogP contribution in [0.3, 0.4) is 0 Å². The van der Waals surface area contributed by atoms with Crippen molar-refractivity contribution in [1.29, 1.82) is 0 Å². The lowest BCUT2D eigenvalue weighted by Gasteiger charge is -2.11. The number of carbonyl (C=O) groups is 2. The van der Waals surface area contributed by atoms with Gasteiger partial charge in [-0.2, -0.15) is 0 Å². The van der Waals surface area contributed by atoms with E-state index in [-0.39, 0.29) is 0 Å². The predicted octanol–water partition coefficient (Wildman–Crippen LogP) is 0.798. The van der Waals surface area contributed by atoms with Crippen LogP contribution in [-0.4, -0.2) is 32.4 Å². The van der Waals surface area contributed by atoms with Crippen molar-refractivity contribution in [2.75, 3.05) is 0 Å². The first-order valence-corrected chi connectivity index (χ1v) is 4.79. The van der Waals surface area contributed by atoms with E-state index in [9.17, 15) is 14.2 Å². The third-order valence-corrected chi connectivity index (χ3v) is 3.27. The number of aliphatic carboxylic acids is 1. The SMILES string of the molecule is CC(CC(=O)O)P(=O)(O)C(=O)O. The van der Waals surface area contributed by atoms with E-state index in [0.717, 1.165) is 6.92 Å². The predicted molar refractivity (Wildman–Crippen MR) is 39.6 cm³/mol. The average Bonchev–Trinajstić information content (AvgIpc) is 1.85. The van der Waals surface area contributed by atoms with Crippen LogP contribution < -0.4 is 0 Å². The van der Waals surface area contributed by atoms with E-state index in [2.05, 4.69) is 0 Å². The molecule has 0 saturated carbocycles. The van der Waals surface area contributed by atoms with Crippen LogP contribution in [0.1, 0.15) is 13.3 Å². The van der Waals surface area contributed by atoms with Crippen molar-refractivity contribution in [2.45, 2.75) is 19.0 Å². The van der Waals surface area contributed by atoms with Crippen LogP contribution in [0.2, 0.25) is 0 Å². The molecule has 0 aliphatic rings. The van der Waals surface area contributed by atoms with Gasteiger partial charge in [0.1, 0.15) is 0 Å². The summed E-state index contributed by atoms with van der Waals surface area (Å²) in [6.07, 6.45) is -0.625. The number of carboxylic acids is 1. The maximum absolute atomic E-state index is 10.8. The summed E-state index contributed by atoms with van der Waals surface area (Å²) < 4.78 is 10.8. The molecule has 7 heteroatoms. The van der Waals surface area contributed by atoms with Gasteiger partial charge in [0, 0.05) is 0 Å². The number of carboxylic acid groups (broad SMARTS) is 2. The summed E-state index contributed by atoms with van der Waals surface area (Å²) in [6.45, 7) is 1.11. The molecule has 2 unspecified atom stereocenters. The Morgan fingerprint density at radius 1 is 1.42 bits per heavy atom. The summed E-state index contributed by atoms with van der Waals surface area (Å²) >= 11 is 0. The summed E-state index contributed by atoms with van der Waals surface area (Å²) in [5.74, 6) is -1.29. The van der Waals surface area contributed by atoms with Crippen molar-refractivity contribution >= 4 is 19.0 Å². The Morgan fingerprint density at radius 3 is 2.08 bits per heavy atom. The minimum absolute atomic E-state index is 0.625. The highest BCUT2D eigenvalue weighted by Gasteiger charge is 2.36. The van der Waals surface area contributed by atoms with E-state index in [1.165, 1.54) is 0 Å². The van der Waals surface area contributed by atoms with Gasteiger partial charge in [-0.05, 0) is 0 Å². The van der Waals surface area contributed by atoms with Crippen LogP contribution in [0.4, 0.5) is 4.79 Å². The first-order chi connectivity index (χ1) is 5.28. The summed E-state index contributed by atoms with van der Waals surface area (Å²) in [7, 11) is -4.37. The molecular formula is C5H9O6P. The van der Waals surface area contributed by atoms with Gasteiger partial charge in [0.05, 0.1) is 12.1 Å². The molecule has 0 fully saturated rings. The zero-order valence-corrected chi connectivity index (χ0v) is 7.19. The molecule has 0 amide bonds. The van der Waals surface area contributed by atoms with Crippen LogP contribution in [-0.2, 0) is 9.36 Å². The quantitative estimate of drug-likeness (QED) is 0.573. The maximum atomic E-state index is 10.8. The molecule has 2 atom stereocenters. The highest BCUT2D eigenvalue weighted by Crippen LogP contribution is 2.47. The fourth-order valence-corrected chi connectivity index (χ4v) is 1.35. The van der Waals surface area contributed by atoms with Gasteiger partial charge in [-0.3, -0.25) is 9.36 Å². The Labute approximate surface area is 68.3 Å². The first-order valence-electron chi connectivity index (χ1n) is 3.06. The Balaban J connectivity index is 4.47. The molecule has 0 radical (unpaired) electrons. The smallest absolute Gasteiger partial charge is 0.389 e. The number of rotatable bonds is 4. The molecular weight excluding hydrogens is 187 g/mol. The van der Waals surface area contributed by atoms with Crippen LogP contribution in [0.15, 0.2) is 0 Å². The van der Waals surface area contributed by atoms with Crippen molar-refractivity contribution in [3.63, 3.8) is 0 Å². The second-order valence-electron chi connectivity index (χ2n) is 2.35. The molecule has 0 aromatic carbocycles. The van der Waals surface area contributed by atoms with E-state index < -0.39 is 31.1 Å². The Morgan fingerprint density at radius 2 is 1.83 bits per heavy atom. The third kappa shape index (κ3) is 2.64. The van der Waals surface area contributed by atoms with Crippen LogP contribution in [0.5, 0.6) is 0 Å². The number of hydrogen-bond donors (Lipinski definition) is 3. The van der Waals surface area contributed by atoms with Gasteiger partial charge < -0.3 is 15.1 Å². The van der Waals surface area contributed by atoms with Gasteiger partial charge in [0.2, 0.25) is 0 Å². The fourth-order valence-electron chi connectivity index (χ4n) is 0.565. The first kappa shape index (κ1) is 11.1. The lowest BCUT2D eigenvalue weighted by molar-refractivity contribution is -0.136. The summed E-state index contributed by atoms with van der Waals surface area (Å²) in [4.78, 5) is 29.0. The highest BCUT2D eigenvalue weighted by molar-refractivity contribution is 7.75. The summed E-state index contributed by atoms with van der Waals surface area (Å²) in [6, 6.07) is 0. The van der Waals surface area contributed by atoms with Crippen molar-refractivity contribution < 1.29 is 29.3 Å². The zero-order chi connectivity index (χ0) is 9.94. The second kappa shape index (κ2) is 3.69. The van der Waals surface area contributed by atoms with E-state index >= 15 is 0 Å². The molecule has 0 aromatic rings. The molecule has 0 heterocycles. The summed E-state index contributed by atoms with van der Waals surface area (Å²) in [5.41, 5.74) is -3.11. The van der Waals surface area contributed by atoms with Gasteiger partial charge in [-0.25, -0.2) is 4.79 Å². The number of hydrogen-bond acceptors (Lipinski definition) is 3. The standard InChI is InChI=1S/C5H9O6P/c1-3(2-4(6)7)12(10,11)5(8)9/h3H,2H2,1H3,(H,6,7)(H,8,9)(H,10,11). The zero-order valence-electron chi connectivity index (χ0n) is 6.30. The Bertz CT molecular complexity index is 246. The van der Waals surface area contributed by atoms with E-state index in [1.54, 1.807) is 0 Å². The maximum Gasteiger partial charge on any atom is 0.389 e. The molecule has 3 N–H and O–H groups in total. The van der Waals surface area contributed by atoms with Crippen LogP contribution in [0.25, 0.3) is 0 Å². The lowest BCUT2D eigenvalue weighted by atomic mass is 10.3. The van der Waals surface area contributed by atoms with Gasteiger partial charge >= 0.3 is 19.0 Å².